The third kappa shape index (κ3) is 5.12. The quantitative estimate of drug-likeness (QED) is 0.275. The predicted octanol–water partition coefficient (Wildman–Crippen LogP) is 5.10. The molecule has 0 radical (unpaired) electrons. The molecule has 38 heavy (non-hydrogen) atoms. The zero-order valence-electron chi connectivity index (χ0n) is 21.5. The highest BCUT2D eigenvalue weighted by Crippen LogP contribution is 2.46. The average molecular weight is 537 g/mol. The van der Waals surface area contributed by atoms with Gasteiger partial charge in [-0.15, -0.1) is 5.10 Å². The van der Waals surface area contributed by atoms with E-state index in [0.717, 1.165) is 28.2 Å². The molecule has 0 aliphatic carbocycles. The monoisotopic (exact) mass is 536 g/mol. The summed E-state index contributed by atoms with van der Waals surface area (Å²) in [4.78, 5) is 11.5. The van der Waals surface area contributed by atoms with E-state index in [0.29, 0.717) is 35.9 Å². The highest BCUT2D eigenvalue weighted by Gasteiger charge is 2.33. The normalized spacial score (nSPS) is 16.3. The van der Waals surface area contributed by atoms with Crippen molar-refractivity contribution in [1.82, 2.24) is 19.6 Å². The van der Waals surface area contributed by atoms with Gasteiger partial charge in [0.05, 0.1) is 44.8 Å². The number of aromatic nitrogens is 4. The van der Waals surface area contributed by atoms with Crippen molar-refractivity contribution in [2.45, 2.75) is 38.0 Å². The van der Waals surface area contributed by atoms with Crippen LogP contribution in [0.2, 0.25) is 5.02 Å². The van der Waals surface area contributed by atoms with Crippen molar-refractivity contribution in [3.05, 3.63) is 88.5 Å². The van der Waals surface area contributed by atoms with Crippen molar-refractivity contribution >= 4 is 17.6 Å². The summed E-state index contributed by atoms with van der Waals surface area (Å²) in [5.41, 5.74) is 4.51. The summed E-state index contributed by atoms with van der Waals surface area (Å²) in [7, 11) is 4.62. The Hall–Kier alpha value is -3.82. The molecule has 0 spiro atoms. The van der Waals surface area contributed by atoms with Gasteiger partial charge in [0.25, 0.3) is 0 Å². The summed E-state index contributed by atoms with van der Waals surface area (Å²) in [6.07, 6.45) is 4.52. The number of halogens is 1. The molecule has 0 unspecified atom stereocenters. The van der Waals surface area contributed by atoms with Crippen molar-refractivity contribution in [2.24, 2.45) is 0 Å². The van der Waals surface area contributed by atoms with Gasteiger partial charge in [-0.2, -0.15) is 0 Å². The minimum absolute atomic E-state index is 0.263. The summed E-state index contributed by atoms with van der Waals surface area (Å²) in [6, 6.07) is 15.7. The molecule has 10 heteroatoms. The van der Waals surface area contributed by atoms with E-state index in [9.17, 15) is 4.79 Å². The molecule has 2 aromatic carbocycles. The van der Waals surface area contributed by atoms with Crippen molar-refractivity contribution in [2.75, 3.05) is 21.3 Å². The van der Waals surface area contributed by atoms with E-state index in [1.54, 1.807) is 18.9 Å². The van der Waals surface area contributed by atoms with E-state index < -0.39 is 6.10 Å². The van der Waals surface area contributed by atoms with Gasteiger partial charge in [-0.25, -0.2) is 0 Å². The molecule has 3 heterocycles. The first-order chi connectivity index (χ1) is 18.5. The van der Waals surface area contributed by atoms with E-state index >= 15 is 0 Å². The zero-order chi connectivity index (χ0) is 26.6. The molecule has 0 saturated heterocycles. The van der Waals surface area contributed by atoms with Crippen LogP contribution in [0.4, 0.5) is 0 Å². The van der Waals surface area contributed by atoms with Crippen LogP contribution in [0.15, 0.2) is 60.9 Å². The van der Waals surface area contributed by atoms with Crippen molar-refractivity contribution in [3.63, 3.8) is 0 Å². The Bertz CT molecular complexity index is 1430. The second-order valence-corrected chi connectivity index (χ2v) is 9.37. The molecule has 9 nitrogen and oxygen atoms in total. The number of esters is 1. The van der Waals surface area contributed by atoms with Gasteiger partial charge in [0.2, 0.25) is 0 Å². The summed E-state index contributed by atoms with van der Waals surface area (Å²) < 4.78 is 26.9. The summed E-state index contributed by atoms with van der Waals surface area (Å²) in [5, 5.41) is 9.07. The number of carbonyl (C=O) groups excluding carboxylic acids is 1. The van der Waals surface area contributed by atoms with E-state index in [2.05, 4.69) is 20.9 Å². The van der Waals surface area contributed by atoms with Crippen LogP contribution in [-0.4, -0.2) is 46.9 Å². The number of fused-ring (bicyclic) bond motifs is 3. The van der Waals surface area contributed by atoms with Crippen LogP contribution in [0.3, 0.4) is 0 Å². The second-order valence-electron chi connectivity index (χ2n) is 8.93. The van der Waals surface area contributed by atoms with Gasteiger partial charge < -0.3 is 23.5 Å². The first kappa shape index (κ1) is 25.8. The van der Waals surface area contributed by atoms with E-state index in [1.165, 1.54) is 7.11 Å². The first-order valence-electron chi connectivity index (χ1n) is 12.3. The number of hydrogen-bond acceptors (Lipinski definition) is 7. The minimum Gasteiger partial charge on any atom is -0.493 e. The molecule has 2 aromatic heterocycles. The van der Waals surface area contributed by atoms with Gasteiger partial charge >= 0.3 is 5.97 Å². The fourth-order valence-electron chi connectivity index (χ4n) is 4.86. The third-order valence-corrected chi connectivity index (χ3v) is 6.91. The number of hydrogen-bond donors (Lipinski definition) is 0. The fraction of sp³-hybridized carbons (Fsp3) is 0.321. The van der Waals surface area contributed by atoms with Crippen LogP contribution in [0, 0.1) is 0 Å². The lowest BCUT2D eigenvalue weighted by atomic mass is 9.98. The van der Waals surface area contributed by atoms with Gasteiger partial charge in [0, 0.05) is 41.5 Å². The predicted molar refractivity (Wildman–Crippen MR) is 141 cm³/mol. The smallest absolute Gasteiger partial charge is 0.305 e. The molecule has 0 fully saturated rings. The molecule has 1 aliphatic heterocycles. The summed E-state index contributed by atoms with van der Waals surface area (Å²) in [5.74, 6) is 0.966. The number of para-hydroxylation sites is 1. The van der Waals surface area contributed by atoms with Crippen LogP contribution >= 0.6 is 11.6 Å². The van der Waals surface area contributed by atoms with Crippen molar-refractivity contribution < 1.29 is 23.7 Å². The van der Waals surface area contributed by atoms with Crippen LogP contribution < -0.4 is 9.47 Å². The number of methoxy groups -OCH3 is 3. The molecular weight excluding hydrogens is 508 g/mol. The number of benzene rings is 2. The van der Waals surface area contributed by atoms with Crippen LogP contribution in [0.25, 0.3) is 5.69 Å². The topological polar surface area (TPSA) is 89.6 Å². The molecule has 0 N–H and O–H groups in total. The number of rotatable bonds is 9. The fourth-order valence-corrected chi connectivity index (χ4v) is 5.04. The maximum Gasteiger partial charge on any atom is 0.305 e. The minimum atomic E-state index is -0.468. The molecular formula is C28H29ClN4O5. The zero-order valence-corrected chi connectivity index (χ0v) is 22.2. The number of aryl methyl sites for hydroxylation is 2. The Morgan fingerprint density at radius 1 is 1.08 bits per heavy atom. The average Bonchev–Trinajstić information content (AvgIpc) is 3.59. The van der Waals surface area contributed by atoms with E-state index in [1.807, 2.05) is 54.9 Å². The summed E-state index contributed by atoms with van der Waals surface area (Å²) in [6.45, 7) is 0.570. The highest BCUT2D eigenvalue weighted by atomic mass is 35.5. The molecule has 5 rings (SSSR count). The van der Waals surface area contributed by atoms with Crippen LogP contribution in [-0.2, 0) is 27.2 Å². The lowest BCUT2D eigenvalue weighted by molar-refractivity contribution is -0.140. The second kappa shape index (κ2) is 11.3. The van der Waals surface area contributed by atoms with Crippen molar-refractivity contribution in [1.29, 1.82) is 0 Å². The Balaban J connectivity index is 1.48. The maximum atomic E-state index is 11.5. The summed E-state index contributed by atoms with van der Waals surface area (Å²) >= 11 is 6.48. The Labute approximate surface area is 225 Å². The van der Waals surface area contributed by atoms with Gasteiger partial charge in [0.15, 0.2) is 11.5 Å². The Morgan fingerprint density at radius 2 is 1.95 bits per heavy atom. The Morgan fingerprint density at radius 3 is 2.74 bits per heavy atom. The molecule has 4 aromatic rings. The maximum absolute atomic E-state index is 11.5. The molecule has 0 bridgehead atoms. The van der Waals surface area contributed by atoms with Crippen molar-refractivity contribution in [3.8, 4) is 17.2 Å². The van der Waals surface area contributed by atoms with Crippen LogP contribution in [0.5, 0.6) is 11.5 Å². The van der Waals surface area contributed by atoms with Crippen LogP contribution in [0.1, 0.15) is 47.6 Å². The molecule has 1 aliphatic rings. The number of carbonyl (C=O) groups is 1. The van der Waals surface area contributed by atoms with E-state index in [-0.39, 0.29) is 18.5 Å². The molecule has 198 valence electrons. The van der Waals surface area contributed by atoms with Gasteiger partial charge in [-0.3, -0.25) is 9.48 Å². The van der Waals surface area contributed by atoms with Gasteiger partial charge in [0.1, 0.15) is 12.2 Å². The Kier molecular flexibility index (Phi) is 7.67. The SMILES string of the molecule is COC(=O)CCc1cn(CC[C@H]2O[C@H](c3cccc(OC)c3OC)c3cc(Cl)ccc3-n3cccc32)nn1. The molecule has 2 atom stereocenters. The van der Waals surface area contributed by atoms with Gasteiger partial charge in [-0.05, 0) is 42.8 Å². The van der Waals surface area contributed by atoms with Gasteiger partial charge in [-0.1, -0.05) is 28.9 Å². The standard InChI is InChI=1S/C28H29ClN4O5/c1-35-25-8-4-6-20(28(25)37-3)27-21-16-18(29)9-11-22(21)33-14-5-7-23(33)24(38-27)13-15-32-17-19(30-31-32)10-12-26(34)36-2/h4-9,11,14,16-17,24,27H,10,12-13,15H2,1-3H3/t24-,27-/m1/s1. The molecule has 0 amide bonds. The number of ether oxygens (including phenoxy) is 4. The first-order valence-corrected chi connectivity index (χ1v) is 12.7. The lowest BCUT2D eigenvalue weighted by Gasteiger charge is -2.25. The largest absolute Gasteiger partial charge is 0.493 e. The molecule has 0 saturated carbocycles. The number of nitrogens with zero attached hydrogens (tertiary/aromatic N) is 4. The lowest BCUT2D eigenvalue weighted by Crippen LogP contribution is -2.14. The van der Waals surface area contributed by atoms with E-state index in [4.69, 9.17) is 30.5 Å². The third-order valence-electron chi connectivity index (χ3n) is 6.68. The highest BCUT2D eigenvalue weighted by molar-refractivity contribution is 6.30.